The van der Waals surface area contributed by atoms with Crippen LogP contribution in [0.3, 0.4) is 0 Å². The molecule has 1 N–H and O–H groups in total. The SMILES string of the molecule is C=CCN1C(=O)C(C)(C2CC2)NC(=O)CC1C. The average molecular weight is 236 g/mol. The molecular weight excluding hydrogens is 216 g/mol. The summed E-state index contributed by atoms with van der Waals surface area (Å²) in [5.41, 5.74) is -0.704. The molecule has 0 bridgehead atoms. The minimum atomic E-state index is -0.704. The van der Waals surface area contributed by atoms with E-state index in [1.165, 1.54) is 0 Å². The Morgan fingerprint density at radius 3 is 2.71 bits per heavy atom. The van der Waals surface area contributed by atoms with Crippen molar-refractivity contribution in [2.24, 2.45) is 5.92 Å². The topological polar surface area (TPSA) is 49.4 Å². The smallest absolute Gasteiger partial charge is 0.248 e. The van der Waals surface area contributed by atoms with E-state index in [1.54, 1.807) is 11.0 Å². The van der Waals surface area contributed by atoms with Gasteiger partial charge in [-0.15, -0.1) is 6.58 Å². The summed E-state index contributed by atoms with van der Waals surface area (Å²) in [4.78, 5) is 26.1. The molecule has 1 aliphatic heterocycles. The predicted octanol–water partition coefficient (Wildman–Crippen LogP) is 1.08. The fourth-order valence-corrected chi connectivity index (χ4v) is 2.61. The monoisotopic (exact) mass is 236 g/mol. The Morgan fingerprint density at radius 2 is 2.18 bits per heavy atom. The number of amides is 2. The highest BCUT2D eigenvalue weighted by Crippen LogP contribution is 2.41. The first-order chi connectivity index (χ1) is 7.99. The van der Waals surface area contributed by atoms with Gasteiger partial charge in [-0.05, 0) is 32.6 Å². The van der Waals surface area contributed by atoms with Crippen molar-refractivity contribution in [3.63, 3.8) is 0 Å². The minimum absolute atomic E-state index is 0.0215. The summed E-state index contributed by atoms with van der Waals surface area (Å²) in [6, 6.07) is -0.0546. The van der Waals surface area contributed by atoms with Gasteiger partial charge in [0.15, 0.2) is 0 Å². The Balaban J connectivity index is 2.30. The van der Waals surface area contributed by atoms with Crippen LogP contribution in [-0.4, -0.2) is 34.8 Å². The van der Waals surface area contributed by atoms with Gasteiger partial charge in [0.25, 0.3) is 0 Å². The Labute approximate surface area is 102 Å². The zero-order valence-corrected chi connectivity index (χ0v) is 10.5. The van der Waals surface area contributed by atoms with E-state index in [0.29, 0.717) is 18.9 Å². The Kier molecular flexibility index (Phi) is 2.98. The lowest BCUT2D eigenvalue weighted by Gasteiger charge is -2.33. The van der Waals surface area contributed by atoms with Crippen LogP contribution >= 0.6 is 0 Å². The molecule has 0 aromatic carbocycles. The summed E-state index contributed by atoms with van der Waals surface area (Å²) in [5.74, 6) is 0.321. The van der Waals surface area contributed by atoms with Gasteiger partial charge in [-0.25, -0.2) is 0 Å². The van der Waals surface area contributed by atoms with Gasteiger partial charge in [0.1, 0.15) is 5.54 Å². The molecule has 2 rings (SSSR count). The van der Waals surface area contributed by atoms with Gasteiger partial charge in [-0.1, -0.05) is 6.08 Å². The van der Waals surface area contributed by atoms with Crippen LogP contribution in [0.15, 0.2) is 12.7 Å². The molecule has 0 aromatic rings. The summed E-state index contributed by atoms with van der Waals surface area (Å²) in [7, 11) is 0. The van der Waals surface area contributed by atoms with Crippen LogP contribution in [-0.2, 0) is 9.59 Å². The van der Waals surface area contributed by atoms with Crippen LogP contribution < -0.4 is 5.32 Å². The van der Waals surface area contributed by atoms with E-state index in [0.717, 1.165) is 12.8 Å². The molecule has 1 saturated carbocycles. The average Bonchev–Trinajstić information content (AvgIpc) is 3.07. The van der Waals surface area contributed by atoms with Gasteiger partial charge in [0.05, 0.1) is 0 Å². The van der Waals surface area contributed by atoms with Crippen molar-refractivity contribution in [3.8, 4) is 0 Å². The molecular formula is C13H20N2O2. The Hall–Kier alpha value is -1.32. The molecule has 2 aliphatic rings. The minimum Gasteiger partial charge on any atom is -0.342 e. The van der Waals surface area contributed by atoms with Gasteiger partial charge in [0.2, 0.25) is 11.8 Å². The van der Waals surface area contributed by atoms with Crippen molar-refractivity contribution >= 4 is 11.8 Å². The number of hydrogen-bond donors (Lipinski definition) is 1. The van der Waals surface area contributed by atoms with E-state index < -0.39 is 5.54 Å². The number of carbonyl (C=O) groups excluding carboxylic acids is 2. The van der Waals surface area contributed by atoms with E-state index in [-0.39, 0.29) is 17.9 Å². The Bertz CT molecular complexity index is 362. The maximum atomic E-state index is 12.6. The van der Waals surface area contributed by atoms with Crippen LogP contribution in [0.1, 0.15) is 33.1 Å². The lowest BCUT2D eigenvalue weighted by Crippen LogP contribution is -2.57. The molecule has 4 nitrogen and oxygen atoms in total. The first-order valence-electron chi connectivity index (χ1n) is 6.22. The van der Waals surface area contributed by atoms with Crippen molar-refractivity contribution < 1.29 is 9.59 Å². The number of nitrogens with zero attached hydrogens (tertiary/aromatic N) is 1. The predicted molar refractivity (Wildman–Crippen MR) is 65.3 cm³/mol. The van der Waals surface area contributed by atoms with Crippen molar-refractivity contribution in [1.82, 2.24) is 10.2 Å². The summed E-state index contributed by atoms with van der Waals surface area (Å²) in [5, 5.41) is 2.92. The largest absolute Gasteiger partial charge is 0.342 e. The normalized spacial score (nSPS) is 34.2. The van der Waals surface area contributed by atoms with E-state index in [4.69, 9.17) is 0 Å². The summed E-state index contributed by atoms with van der Waals surface area (Å²) >= 11 is 0. The lowest BCUT2D eigenvalue weighted by atomic mass is 9.94. The first kappa shape index (κ1) is 12.1. The number of rotatable bonds is 3. The van der Waals surface area contributed by atoms with E-state index in [9.17, 15) is 9.59 Å². The second-order valence-corrected chi connectivity index (χ2v) is 5.32. The molecule has 2 unspecified atom stereocenters. The van der Waals surface area contributed by atoms with Crippen molar-refractivity contribution in [1.29, 1.82) is 0 Å². The third-order valence-corrected chi connectivity index (χ3v) is 3.84. The second kappa shape index (κ2) is 4.17. The molecule has 0 spiro atoms. The second-order valence-electron chi connectivity index (χ2n) is 5.32. The van der Waals surface area contributed by atoms with Crippen LogP contribution in [0.2, 0.25) is 0 Å². The van der Waals surface area contributed by atoms with Crippen molar-refractivity contribution in [2.75, 3.05) is 6.54 Å². The molecule has 17 heavy (non-hydrogen) atoms. The van der Waals surface area contributed by atoms with Gasteiger partial charge in [-0.3, -0.25) is 9.59 Å². The number of hydrogen-bond acceptors (Lipinski definition) is 2. The highest BCUT2D eigenvalue weighted by atomic mass is 16.2. The van der Waals surface area contributed by atoms with Gasteiger partial charge < -0.3 is 10.2 Å². The van der Waals surface area contributed by atoms with Crippen LogP contribution in [0, 0.1) is 5.92 Å². The molecule has 2 atom stereocenters. The fourth-order valence-electron chi connectivity index (χ4n) is 2.61. The third kappa shape index (κ3) is 2.08. The molecule has 94 valence electrons. The van der Waals surface area contributed by atoms with Crippen molar-refractivity contribution in [3.05, 3.63) is 12.7 Å². The highest BCUT2D eigenvalue weighted by molar-refractivity contribution is 5.94. The molecule has 1 heterocycles. The zero-order valence-electron chi connectivity index (χ0n) is 10.5. The standard InChI is InChI=1S/C13H20N2O2/c1-4-7-15-9(2)8-11(16)14-13(3,12(15)17)10-5-6-10/h4,9-10H,1,5-8H2,2-3H3,(H,14,16). The number of carbonyl (C=O) groups is 2. The van der Waals surface area contributed by atoms with E-state index in [2.05, 4.69) is 11.9 Å². The first-order valence-corrected chi connectivity index (χ1v) is 6.22. The van der Waals surface area contributed by atoms with Gasteiger partial charge in [-0.2, -0.15) is 0 Å². The van der Waals surface area contributed by atoms with Crippen LogP contribution in [0.4, 0.5) is 0 Å². The van der Waals surface area contributed by atoms with Crippen molar-refractivity contribution in [2.45, 2.75) is 44.7 Å². The zero-order chi connectivity index (χ0) is 12.6. The molecule has 0 aromatic heterocycles. The molecule has 0 radical (unpaired) electrons. The third-order valence-electron chi connectivity index (χ3n) is 3.84. The summed E-state index contributed by atoms with van der Waals surface area (Å²) in [6.07, 6.45) is 4.15. The van der Waals surface area contributed by atoms with Gasteiger partial charge >= 0.3 is 0 Å². The molecule has 1 saturated heterocycles. The molecule has 4 heteroatoms. The van der Waals surface area contributed by atoms with E-state index in [1.807, 2.05) is 13.8 Å². The van der Waals surface area contributed by atoms with Crippen LogP contribution in [0.25, 0.3) is 0 Å². The summed E-state index contributed by atoms with van der Waals surface area (Å²) in [6.45, 7) is 7.97. The maximum Gasteiger partial charge on any atom is 0.248 e. The molecule has 1 aliphatic carbocycles. The van der Waals surface area contributed by atoms with Crippen LogP contribution in [0.5, 0.6) is 0 Å². The quantitative estimate of drug-likeness (QED) is 0.745. The fraction of sp³-hybridized carbons (Fsp3) is 0.692. The number of nitrogens with one attached hydrogen (secondary N) is 1. The van der Waals surface area contributed by atoms with E-state index >= 15 is 0 Å². The van der Waals surface area contributed by atoms with Gasteiger partial charge in [0, 0.05) is 19.0 Å². The molecule has 2 fully saturated rings. The summed E-state index contributed by atoms with van der Waals surface area (Å²) < 4.78 is 0. The maximum absolute atomic E-state index is 12.6. The Morgan fingerprint density at radius 1 is 1.53 bits per heavy atom. The highest BCUT2D eigenvalue weighted by Gasteiger charge is 2.51. The molecule has 2 amide bonds. The lowest BCUT2D eigenvalue weighted by molar-refractivity contribution is -0.139.